The van der Waals surface area contributed by atoms with Gasteiger partial charge in [0.2, 0.25) is 0 Å². The topological polar surface area (TPSA) is 37.8 Å². The molecule has 1 N–H and O–H groups in total. The Morgan fingerprint density at radius 3 is 2.50 bits per heavy atom. The molecule has 0 saturated carbocycles. The van der Waals surface area contributed by atoms with Crippen LogP contribution in [0, 0.1) is 6.92 Å². The fourth-order valence-electron chi connectivity index (χ4n) is 1.87. The first-order chi connectivity index (χ1) is 8.47. The Bertz CT molecular complexity index is 526. The summed E-state index contributed by atoms with van der Waals surface area (Å²) in [6, 6.07) is 8.44. The molecule has 1 heterocycles. The van der Waals surface area contributed by atoms with Gasteiger partial charge in [0.05, 0.1) is 6.54 Å². The van der Waals surface area contributed by atoms with Crippen molar-refractivity contribution in [3.8, 4) is 0 Å². The van der Waals surface area contributed by atoms with Crippen molar-refractivity contribution in [2.45, 2.75) is 39.7 Å². The average Bonchev–Trinajstić information content (AvgIpc) is 2.72. The van der Waals surface area contributed by atoms with Crippen LogP contribution >= 0.6 is 11.3 Å². The van der Waals surface area contributed by atoms with Gasteiger partial charge in [0.25, 0.3) is 0 Å². The van der Waals surface area contributed by atoms with Crippen molar-refractivity contribution >= 4 is 17.0 Å². The molecule has 0 unspecified atom stereocenters. The number of para-hydroxylation sites is 1. The number of hydrogen-bond donors (Lipinski definition) is 1. The lowest BCUT2D eigenvalue weighted by atomic mass is 9.86. The first-order valence-corrected chi connectivity index (χ1v) is 6.91. The van der Waals surface area contributed by atoms with Crippen LogP contribution in [-0.4, -0.2) is 10.2 Å². The van der Waals surface area contributed by atoms with E-state index in [-0.39, 0.29) is 5.41 Å². The van der Waals surface area contributed by atoms with Crippen LogP contribution in [0.1, 0.15) is 36.3 Å². The lowest BCUT2D eigenvalue weighted by molar-refractivity contribution is 0.591. The summed E-state index contributed by atoms with van der Waals surface area (Å²) < 4.78 is 0. The van der Waals surface area contributed by atoms with Crippen LogP contribution in [0.5, 0.6) is 0 Å². The van der Waals surface area contributed by atoms with Gasteiger partial charge in [0.15, 0.2) is 0 Å². The monoisotopic (exact) mass is 261 g/mol. The molecule has 4 heteroatoms. The van der Waals surface area contributed by atoms with Gasteiger partial charge in [-0.1, -0.05) is 50.3 Å². The molecule has 0 bridgehead atoms. The summed E-state index contributed by atoms with van der Waals surface area (Å²) in [7, 11) is 0. The Morgan fingerprint density at radius 1 is 1.17 bits per heavy atom. The first kappa shape index (κ1) is 13.0. The molecule has 1 aromatic carbocycles. The molecule has 0 amide bonds. The highest BCUT2D eigenvalue weighted by molar-refractivity contribution is 7.11. The van der Waals surface area contributed by atoms with Gasteiger partial charge in [-0.15, -0.1) is 10.2 Å². The number of anilines is 1. The second-order valence-electron chi connectivity index (χ2n) is 5.36. The molecule has 0 spiro atoms. The van der Waals surface area contributed by atoms with E-state index in [1.165, 1.54) is 11.3 Å². The predicted molar refractivity (Wildman–Crippen MR) is 77.1 cm³/mol. The molecule has 3 nitrogen and oxygen atoms in total. The van der Waals surface area contributed by atoms with Gasteiger partial charge in [0.1, 0.15) is 10.0 Å². The molecular weight excluding hydrogens is 242 g/mol. The Balaban J connectivity index is 2.14. The minimum absolute atomic E-state index is 0.140. The Hall–Kier alpha value is -1.42. The van der Waals surface area contributed by atoms with Gasteiger partial charge < -0.3 is 5.32 Å². The van der Waals surface area contributed by atoms with Gasteiger partial charge in [-0.25, -0.2) is 0 Å². The van der Waals surface area contributed by atoms with Crippen molar-refractivity contribution in [1.29, 1.82) is 0 Å². The van der Waals surface area contributed by atoms with E-state index < -0.39 is 0 Å². The van der Waals surface area contributed by atoms with E-state index in [0.29, 0.717) is 0 Å². The number of aryl methyl sites for hydroxylation is 1. The van der Waals surface area contributed by atoms with E-state index in [4.69, 9.17) is 0 Å². The molecule has 0 aliphatic heterocycles. The fourth-order valence-corrected chi connectivity index (χ4v) is 2.52. The minimum Gasteiger partial charge on any atom is -0.378 e. The standard InChI is InChI=1S/C14H19N3S/c1-10-16-17-13(18-10)9-15-12-8-6-5-7-11(12)14(2,3)4/h5-8,15H,9H2,1-4H3. The number of benzene rings is 1. The van der Waals surface area contributed by atoms with Crippen LogP contribution in [-0.2, 0) is 12.0 Å². The molecule has 18 heavy (non-hydrogen) atoms. The summed E-state index contributed by atoms with van der Waals surface area (Å²) in [6.07, 6.45) is 0. The Labute approximate surface area is 112 Å². The van der Waals surface area contributed by atoms with Crippen LogP contribution in [0.2, 0.25) is 0 Å². The van der Waals surface area contributed by atoms with E-state index in [1.807, 2.05) is 6.92 Å². The summed E-state index contributed by atoms with van der Waals surface area (Å²) >= 11 is 1.64. The van der Waals surface area contributed by atoms with Gasteiger partial charge >= 0.3 is 0 Å². The SMILES string of the molecule is Cc1nnc(CNc2ccccc2C(C)(C)C)s1. The molecule has 0 saturated heterocycles. The highest BCUT2D eigenvalue weighted by Gasteiger charge is 2.17. The Morgan fingerprint density at radius 2 is 1.89 bits per heavy atom. The molecular formula is C14H19N3S. The molecule has 0 fully saturated rings. The van der Waals surface area contributed by atoms with Crippen LogP contribution in [0.3, 0.4) is 0 Å². The van der Waals surface area contributed by atoms with E-state index >= 15 is 0 Å². The lowest BCUT2D eigenvalue weighted by Gasteiger charge is -2.23. The number of aromatic nitrogens is 2. The zero-order valence-electron chi connectivity index (χ0n) is 11.3. The van der Waals surface area contributed by atoms with Crippen molar-refractivity contribution in [2.24, 2.45) is 0 Å². The number of rotatable bonds is 3. The van der Waals surface area contributed by atoms with Crippen molar-refractivity contribution in [3.63, 3.8) is 0 Å². The summed E-state index contributed by atoms with van der Waals surface area (Å²) in [6.45, 7) is 9.39. The highest BCUT2D eigenvalue weighted by atomic mass is 32.1. The molecule has 0 atom stereocenters. The van der Waals surface area contributed by atoms with Gasteiger partial charge in [0, 0.05) is 5.69 Å². The van der Waals surface area contributed by atoms with E-state index in [9.17, 15) is 0 Å². The van der Waals surface area contributed by atoms with Crippen LogP contribution in [0.25, 0.3) is 0 Å². The summed E-state index contributed by atoms with van der Waals surface area (Å²) in [5.41, 5.74) is 2.64. The maximum atomic E-state index is 4.13. The van der Waals surface area contributed by atoms with Crippen LogP contribution < -0.4 is 5.32 Å². The zero-order valence-corrected chi connectivity index (χ0v) is 12.1. The van der Waals surface area contributed by atoms with E-state index in [0.717, 1.165) is 16.6 Å². The largest absolute Gasteiger partial charge is 0.378 e. The predicted octanol–water partition coefficient (Wildman–Crippen LogP) is 3.76. The molecule has 2 aromatic rings. The average molecular weight is 261 g/mol. The maximum absolute atomic E-state index is 4.13. The zero-order chi connectivity index (χ0) is 13.2. The third-order valence-corrected chi connectivity index (χ3v) is 3.57. The summed E-state index contributed by atoms with van der Waals surface area (Å²) in [5.74, 6) is 0. The van der Waals surface area contributed by atoms with Crippen molar-refractivity contribution in [2.75, 3.05) is 5.32 Å². The van der Waals surface area contributed by atoms with Gasteiger partial charge in [-0.3, -0.25) is 0 Å². The van der Waals surface area contributed by atoms with Gasteiger partial charge in [-0.05, 0) is 24.0 Å². The normalized spacial score (nSPS) is 11.6. The van der Waals surface area contributed by atoms with Crippen molar-refractivity contribution in [3.05, 3.63) is 39.8 Å². The highest BCUT2D eigenvalue weighted by Crippen LogP contribution is 2.29. The number of nitrogens with one attached hydrogen (secondary N) is 1. The summed E-state index contributed by atoms with van der Waals surface area (Å²) in [5, 5.41) is 13.6. The smallest absolute Gasteiger partial charge is 0.136 e. The Kier molecular flexibility index (Phi) is 3.66. The molecule has 0 radical (unpaired) electrons. The fraction of sp³-hybridized carbons (Fsp3) is 0.429. The third kappa shape index (κ3) is 3.07. The number of hydrogen-bond acceptors (Lipinski definition) is 4. The quantitative estimate of drug-likeness (QED) is 0.914. The second kappa shape index (κ2) is 5.06. The second-order valence-corrected chi connectivity index (χ2v) is 6.63. The molecule has 96 valence electrons. The molecule has 2 rings (SSSR count). The minimum atomic E-state index is 0.140. The number of nitrogens with zero attached hydrogens (tertiary/aromatic N) is 2. The molecule has 1 aromatic heterocycles. The molecule has 0 aliphatic rings. The van der Waals surface area contributed by atoms with Crippen molar-refractivity contribution in [1.82, 2.24) is 10.2 Å². The maximum Gasteiger partial charge on any atom is 0.136 e. The van der Waals surface area contributed by atoms with Gasteiger partial charge in [-0.2, -0.15) is 0 Å². The summed E-state index contributed by atoms with van der Waals surface area (Å²) in [4.78, 5) is 0. The van der Waals surface area contributed by atoms with Crippen molar-refractivity contribution < 1.29 is 0 Å². The third-order valence-electron chi connectivity index (χ3n) is 2.73. The first-order valence-electron chi connectivity index (χ1n) is 6.09. The lowest BCUT2D eigenvalue weighted by Crippen LogP contribution is -2.14. The van der Waals surface area contributed by atoms with Crippen LogP contribution in [0.15, 0.2) is 24.3 Å². The van der Waals surface area contributed by atoms with Crippen LogP contribution in [0.4, 0.5) is 5.69 Å². The molecule has 0 aliphatic carbocycles. The van der Waals surface area contributed by atoms with E-state index in [1.54, 1.807) is 11.3 Å². The van der Waals surface area contributed by atoms with E-state index in [2.05, 4.69) is 60.6 Å².